The third-order valence-corrected chi connectivity index (χ3v) is 5.99. The Morgan fingerprint density at radius 1 is 1.05 bits per heavy atom. The lowest BCUT2D eigenvalue weighted by atomic mass is 9.63. The highest BCUT2D eigenvalue weighted by atomic mass is 16.5. The van der Waals surface area contributed by atoms with Gasteiger partial charge in [0.1, 0.15) is 0 Å². The van der Waals surface area contributed by atoms with Crippen LogP contribution in [0.1, 0.15) is 59.3 Å². The van der Waals surface area contributed by atoms with Gasteiger partial charge in [-0.1, -0.05) is 27.2 Å². The number of hydroxylamine groups is 2. The average Bonchev–Trinajstić information content (AvgIpc) is 2.49. The highest BCUT2D eigenvalue weighted by molar-refractivity contribution is 4.97. The monoisotopic (exact) mass is 299 g/mol. The largest absolute Gasteiger partial charge is 0.381 e. The molecule has 4 heteroatoms. The van der Waals surface area contributed by atoms with Crippen molar-refractivity contribution >= 4 is 0 Å². The molecule has 2 heterocycles. The van der Waals surface area contributed by atoms with Gasteiger partial charge in [0.05, 0.1) is 12.1 Å². The summed E-state index contributed by atoms with van der Waals surface area (Å²) in [6.07, 6.45) is 6.42. The molecule has 1 atom stereocenters. The lowest BCUT2D eigenvalue weighted by Crippen LogP contribution is -2.55. The van der Waals surface area contributed by atoms with E-state index in [0.29, 0.717) is 24.5 Å². The van der Waals surface area contributed by atoms with Crippen LogP contribution in [0.4, 0.5) is 0 Å². The first-order chi connectivity index (χ1) is 10.0. The minimum absolute atomic E-state index is 0.126. The van der Waals surface area contributed by atoms with Crippen LogP contribution in [0.25, 0.3) is 0 Å². The summed E-state index contributed by atoms with van der Waals surface area (Å²) in [5, 5.41) is 12.3. The van der Waals surface area contributed by atoms with Crippen LogP contribution >= 0.6 is 0 Å². The normalized spacial score (nSPS) is 32.4. The fourth-order valence-corrected chi connectivity index (χ4v) is 4.24. The summed E-state index contributed by atoms with van der Waals surface area (Å²) in [4.78, 5) is 0. The lowest BCUT2D eigenvalue weighted by Gasteiger charge is -2.51. The Bertz CT molecular complexity index is 315. The molecule has 0 aromatic heterocycles. The Balaban J connectivity index is 2.27. The molecule has 124 valence electrons. The van der Waals surface area contributed by atoms with Crippen LogP contribution in [0.15, 0.2) is 0 Å². The van der Waals surface area contributed by atoms with Gasteiger partial charge in [0, 0.05) is 26.4 Å². The minimum atomic E-state index is -0.126. The van der Waals surface area contributed by atoms with E-state index in [2.05, 4.69) is 20.8 Å². The number of rotatable bonds is 2. The molecule has 2 rings (SSSR count). The molecular formula is C17H33NO3. The van der Waals surface area contributed by atoms with E-state index in [-0.39, 0.29) is 5.54 Å². The fourth-order valence-electron chi connectivity index (χ4n) is 4.24. The van der Waals surface area contributed by atoms with Crippen LogP contribution in [0.2, 0.25) is 0 Å². The van der Waals surface area contributed by atoms with Crippen molar-refractivity contribution in [2.24, 2.45) is 11.3 Å². The molecule has 1 spiro atoms. The second kappa shape index (κ2) is 7.40. The molecule has 21 heavy (non-hydrogen) atoms. The SMILES string of the molecule is CCC1(C(C)C)CCCOCCN(O)C2(CCOCC2)C1. The van der Waals surface area contributed by atoms with Gasteiger partial charge in [-0.2, -0.15) is 5.06 Å². The first-order valence-corrected chi connectivity index (χ1v) is 8.67. The van der Waals surface area contributed by atoms with Crippen LogP contribution in [0.5, 0.6) is 0 Å². The highest BCUT2D eigenvalue weighted by Gasteiger charge is 2.46. The van der Waals surface area contributed by atoms with Crippen molar-refractivity contribution in [3.05, 3.63) is 0 Å². The molecule has 2 fully saturated rings. The zero-order chi connectivity index (χ0) is 15.3. The predicted molar refractivity (Wildman–Crippen MR) is 83.5 cm³/mol. The topological polar surface area (TPSA) is 41.9 Å². The molecule has 0 amide bonds. The summed E-state index contributed by atoms with van der Waals surface area (Å²) in [5.74, 6) is 0.620. The molecule has 1 N–H and O–H groups in total. The van der Waals surface area contributed by atoms with Crippen LogP contribution < -0.4 is 0 Å². The van der Waals surface area contributed by atoms with Crippen molar-refractivity contribution in [1.82, 2.24) is 5.06 Å². The zero-order valence-corrected chi connectivity index (χ0v) is 14.1. The van der Waals surface area contributed by atoms with Gasteiger partial charge < -0.3 is 14.7 Å². The summed E-state index contributed by atoms with van der Waals surface area (Å²) in [5.41, 5.74) is 0.165. The Morgan fingerprint density at radius 3 is 2.33 bits per heavy atom. The maximum Gasteiger partial charge on any atom is 0.0616 e. The van der Waals surface area contributed by atoms with Gasteiger partial charge in [0.15, 0.2) is 0 Å². The van der Waals surface area contributed by atoms with Crippen molar-refractivity contribution in [1.29, 1.82) is 0 Å². The van der Waals surface area contributed by atoms with E-state index in [0.717, 1.165) is 45.5 Å². The predicted octanol–water partition coefficient (Wildman–Crippen LogP) is 3.48. The summed E-state index contributed by atoms with van der Waals surface area (Å²) in [6, 6.07) is 0. The third-order valence-electron chi connectivity index (χ3n) is 5.99. The minimum Gasteiger partial charge on any atom is -0.381 e. The van der Waals surface area contributed by atoms with Crippen LogP contribution in [0.3, 0.4) is 0 Å². The van der Waals surface area contributed by atoms with Gasteiger partial charge in [-0.15, -0.1) is 0 Å². The van der Waals surface area contributed by atoms with Crippen LogP contribution in [-0.2, 0) is 9.47 Å². The second-order valence-electron chi connectivity index (χ2n) is 7.22. The first-order valence-electron chi connectivity index (χ1n) is 8.67. The van der Waals surface area contributed by atoms with E-state index in [9.17, 15) is 5.21 Å². The molecule has 4 nitrogen and oxygen atoms in total. The Labute approximate surface area is 129 Å². The number of nitrogens with zero attached hydrogens (tertiary/aromatic N) is 1. The van der Waals surface area contributed by atoms with E-state index in [1.165, 1.54) is 12.8 Å². The van der Waals surface area contributed by atoms with Crippen molar-refractivity contribution in [2.75, 3.05) is 33.0 Å². The standard InChI is InChI=1S/C17H33NO3/c1-4-16(15(2)3)6-5-10-20-13-9-18(19)17(14-16)7-11-21-12-8-17/h15,19H,4-14H2,1-3H3. The van der Waals surface area contributed by atoms with Gasteiger partial charge in [-0.05, 0) is 43.4 Å². The zero-order valence-electron chi connectivity index (χ0n) is 14.1. The second-order valence-corrected chi connectivity index (χ2v) is 7.22. The van der Waals surface area contributed by atoms with Crippen molar-refractivity contribution in [3.63, 3.8) is 0 Å². The first kappa shape index (κ1) is 17.2. The number of ether oxygens (including phenoxy) is 2. The van der Waals surface area contributed by atoms with E-state index in [1.807, 2.05) is 0 Å². The molecule has 0 radical (unpaired) electrons. The lowest BCUT2D eigenvalue weighted by molar-refractivity contribution is -0.221. The number of hydrogen-bond acceptors (Lipinski definition) is 4. The molecule has 0 aliphatic carbocycles. The maximum atomic E-state index is 10.7. The molecule has 1 unspecified atom stereocenters. The third kappa shape index (κ3) is 3.79. The van der Waals surface area contributed by atoms with Gasteiger partial charge in [0.25, 0.3) is 0 Å². The molecule has 0 aromatic rings. The molecule has 0 saturated carbocycles. The molecule has 2 saturated heterocycles. The summed E-state index contributed by atoms with van der Waals surface area (Å²) < 4.78 is 11.3. The van der Waals surface area contributed by atoms with Crippen LogP contribution in [-0.4, -0.2) is 48.8 Å². The smallest absolute Gasteiger partial charge is 0.0616 e. The quantitative estimate of drug-likeness (QED) is 0.847. The highest BCUT2D eigenvalue weighted by Crippen LogP contribution is 2.47. The van der Waals surface area contributed by atoms with E-state index >= 15 is 0 Å². The van der Waals surface area contributed by atoms with E-state index in [1.54, 1.807) is 5.06 Å². The van der Waals surface area contributed by atoms with Gasteiger partial charge in [0.2, 0.25) is 0 Å². The molecular weight excluding hydrogens is 266 g/mol. The summed E-state index contributed by atoms with van der Waals surface area (Å²) in [7, 11) is 0. The van der Waals surface area contributed by atoms with Crippen LogP contribution in [0, 0.1) is 11.3 Å². The Morgan fingerprint density at radius 2 is 1.71 bits per heavy atom. The van der Waals surface area contributed by atoms with Crippen molar-refractivity contribution in [2.45, 2.75) is 64.8 Å². The van der Waals surface area contributed by atoms with E-state index < -0.39 is 0 Å². The molecule has 2 aliphatic heterocycles. The number of hydrogen-bond donors (Lipinski definition) is 1. The van der Waals surface area contributed by atoms with Crippen molar-refractivity contribution < 1.29 is 14.7 Å². The Hall–Kier alpha value is -0.160. The molecule has 2 aliphatic rings. The Kier molecular flexibility index (Phi) is 6.06. The van der Waals surface area contributed by atoms with Gasteiger partial charge in [-0.25, -0.2) is 0 Å². The van der Waals surface area contributed by atoms with E-state index in [4.69, 9.17) is 9.47 Å². The summed E-state index contributed by atoms with van der Waals surface area (Å²) in [6.45, 7) is 10.6. The summed E-state index contributed by atoms with van der Waals surface area (Å²) >= 11 is 0. The molecule has 0 bridgehead atoms. The van der Waals surface area contributed by atoms with Gasteiger partial charge >= 0.3 is 0 Å². The average molecular weight is 299 g/mol. The molecule has 0 aromatic carbocycles. The fraction of sp³-hybridized carbons (Fsp3) is 1.00. The maximum absolute atomic E-state index is 10.7. The van der Waals surface area contributed by atoms with Gasteiger partial charge in [-0.3, -0.25) is 0 Å². The van der Waals surface area contributed by atoms with Crippen molar-refractivity contribution in [3.8, 4) is 0 Å².